The second-order valence-corrected chi connectivity index (χ2v) is 8.69. The first kappa shape index (κ1) is 20.7. The summed E-state index contributed by atoms with van der Waals surface area (Å²) in [6.45, 7) is 0.145. The number of benzene rings is 2. The lowest BCUT2D eigenvalue weighted by Crippen LogP contribution is -2.51. The van der Waals surface area contributed by atoms with Crippen LogP contribution in [0.3, 0.4) is 0 Å². The highest BCUT2D eigenvalue weighted by Crippen LogP contribution is 2.21. The molecule has 0 spiro atoms. The molecule has 28 heavy (non-hydrogen) atoms. The Bertz CT molecular complexity index is 971. The zero-order valence-corrected chi connectivity index (χ0v) is 16.3. The number of nitrogens with zero attached hydrogens (tertiary/aromatic N) is 2. The lowest BCUT2D eigenvalue weighted by molar-refractivity contribution is -0.116. The Labute approximate surface area is 166 Å². The molecule has 0 unspecified atom stereocenters. The number of hydrogen-bond donors (Lipinski definition) is 1. The van der Waals surface area contributed by atoms with Gasteiger partial charge in [-0.1, -0.05) is 23.7 Å². The fourth-order valence-corrected chi connectivity index (χ4v) is 4.64. The lowest BCUT2D eigenvalue weighted by Gasteiger charge is -2.34. The van der Waals surface area contributed by atoms with Gasteiger partial charge in [0.2, 0.25) is 5.91 Å². The SMILES string of the molecule is O=C(CN1CCCN(Cc2ccc(Cl)cc2)S1(=O)=O)Nc1cc(F)ccc1F. The third-order valence-electron chi connectivity index (χ3n) is 4.26. The molecule has 1 saturated heterocycles. The zero-order valence-electron chi connectivity index (χ0n) is 14.7. The third kappa shape index (κ3) is 4.85. The fourth-order valence-electron chi connectivity index (χ4n) is 2.88. The number of hydrogen-bond acceptors (Lipinski definition) is 3. The smallest absolute Gasteiger partial charge is 0.282 e. The summed E-state index contributed by atoms with van der Waals surface area (Å²) in [4.78, 5) is 12.2. The van der Waals surface area contributed by atoms with Gasteiger partial charge in [0.15, 0.2) is 0 Å². The van der Waals surface area contributed by atoms with Gasteiger partial charge < -0.3 is 5.32 Å². The van der Waals surface area contributed by atoms with Crippen LogP contribution in [0.1, 0.15) is 12.0 Å². The van der Waals surface area contributed by atoms with Gasteiger partial charge in [-0.2, -0.15) is 17.0 Å². The van der Waals surface area contributed by atoms with Crippen LogP contribution in [0.2, 0.25) is 5.02 Å². The van der Waals surface area contributed by atoms with Crippen LogP contribution in [0.25, 0.3) is 0 Å². The van der Waals surface area contributed by atoms with Gasteiger partial charge in [-0.15, -0.1) is 0 Å². The molecule has 1 fully saturated rings. The van der Waals surface area contributed by atoms with Crippen molar-refractivity contribution in [2.24, 2.45) is 0 Å². The highest BCUT2D eigenvalue weighted by atomic mass is 35.5. The van der Waals surface area contributed by atoms with Crippen LogP contribution in [-0.4, -0.2) is 42.6 Å². The highest BCUT2D eigenvalue weighted by Gasteiger charge is 2.34. The summed E-state index contributed by atoms with van der Waals surface area (Å²) < 4.78 is 54.8. The maximum absolute atomic E-state index is 13.7. The molecule has 0 saturated carbocycles. The largest absolute Gasteiger partial charge is 0.322 e. The summed E-state index contributed by atoms with van der Waals surface area (Å²) in [6.07, 6.45) is 0.536. The molecule has 1 N–H and O–H groups in total. The van der Waals surface area contributed by atoms with Gasteiger partial charge in [0, 0.05) is 30.7 Å². The number of nitrogens with one attached hydrogen (secondary N) is 1. The van der Waals surface area contributed by atoms with E-state index in [-0.39, 0.29) is 18.8 Å². The van der Waals surface area contributed by atoms with Crippen molar-refractivity contribution in [1.29, 1.82) is 0 Å². The average molecular weight is 430 g/mol. The molecule has 150 valence electrons. The summed E-state index contributed by atoms with van der Waals surface area (Å²) in [5.41, 5.74) is 0.429. The Hall–Kier alpha value is -2.07. The number of amides is 1. The Morgan fingerprint density at radius 2 is 1.75 bits per heavy atom. The molecule has 1 amide bonds. The van der Waals surface area contributed by atoms with Crippen LogP contribution in [0.15, 0.2) is 42.5 Å². The highest BCUT2D eigenvalue weighted by molar-refractivity contribution is 7.86. The summed E-state index contributed by atoms with van der Waals surface area (Å²) in [5, 5.41) is 2.76. The first-order chi connectivity index (χ1) is 13.3. The van der Waals surface area contributed by atoms with Crippen molar-refractivity contribution in [3.63, 3.8) is 0 Å². The Kier molecular flexibility index (Phi) is 6.29. The van der Waals surface area contributed by atoms with Crippen LogP contribution in [0.5, 0.6) is 0 Å². The standard InChI is InChI=1S/C18H18ClF2N3O3S/c19-14-4-2-13(3-5-14)11-23-8-1-9-24(28(23,26)27)12-18(25)22-17-10-15(20)6-7-16(17)21/h2-7,10H,1,8-9,11-12H2,(H,22,25). The summed E-state index contributed by atoms with van der Waals surface area (Å²) in [7, 11) is -3.87. The number of halogens is 3. The van der Waals surface area contributed by atoms with Gasteiger partial charge in [-0.25, -0.2) is 8.78 Å². The summed E-state index contributed by atoms with van der Waals surface area (Å²) in [6, 6.07) is 9.46. The molecule has 10 heteroatoms. The van der Waals surface area contributed by atoms with Crippen molar-refractivity contribution in [1.82, 2.24) is 8.61 Å². The van der Waals surface area contributed by atoms with E-state index in [1.54, 1.807) is 24.3 Å². The van der Waals surface area contributed by atoms with Gasteiger partial charge in [0.05, 0.1) is 12.2 Å². The third-order valence-corrected chi connectivity index (χ3v) is 6.44. The van der Waals surface area contributed by atoms with E-state index in [0.717, 1.165) is 28.1 Å². The van der Waals surface area contributed by atoms with Crippen molar-refractivity contribution >= 4 is 33.4 Å². The molecule has 0 radical (unpaired) electrons. The molecule has 6 nitrogen and oxygen atoms in total. The number of rotatable bonds is 5. The zero-order chi connectivity index (χ0) is 20.3. The average Bonchev–Trinajstić information content (AvgIpc) is 2.63. The molecular weight excluding hydrogens is 412 g/mol. The Balaban J connectivity index is 1.68. The molecule has 1 aliphatic rings. The maximum Gasteiger partial charge on any atom is 0.282 e. The van der Waals surface area contributed by atoms with E-state index in [0.29, 0.717) is 18.0 Å². The van der Waals surface area contributed by atoms with Gasteiger partial charge in [0.25, 0.3) is 10.2 Å². The monoisotopic (exact) mass is 429 g/mol. The van der Waals surface area contributed by atoms with Crippen molar-refractivity contribution in [2.75, 3.05) is 25.0 Å². The molecule has 1 aliphatic heterocycles. The second kappa shape index (κ2) is 8.52. The molecule has 2 aromatic carbocycles. The molecule has 2 aromatic rings. The number of anilines is 1. The molecule has 3 rings (SSSR count). The lowest BCUT2D eigenvalue weighted by atomic mass is 10.2. The first-order valence-corrected chi connectivity index (χ1v) is 10.3. The minimum absolute atomic E-state index is 0.149. The van der Waals surface area contributed by atoms with Crippen LogP contribution in [0, 0.1) is 11.6 Å². The van der Waals surface area contributed by atoms with Crippen LogP contribution >= 0.6 is 11.6 Å². The van der Waals surface area contributed by atoms with Crippen LogP contribution < -0.4 is 5.32 Å². The van der Waals surface area contributed by atoms with E-state index in [9.17, 15) is 22.0 Å². The second-order valence-electron chi connectivity index (χ2n) is 6.33. The van der Waals surface area contributed by atoms with Gasteiger partial charge >= 0.3 is 0 Å². The molecular formula is C18H18ClF2N3O3S. The van der Waals surface area contributed by atoms with Crippen molar-refractivity contribution in [3.8, 4) is 0 Å². The molecule has 0 atom stereocenters. The summed E-state index contributed by atoms with van der Waals surface area (Å²) in [5.74, 6) is -2.27. The van der Waals surface area contributed by atoms with E-state index >= 15 is 0 Å². The minimum Gasteiger partial charge on any atom is -0.322 e. The van der Waals surface area contributed by atoms with Crippen molar-refractivity contribution in [3.05, 3.63) is 64.7 Å². The van der Waals surface area contributed by atoms with Crippen LogP contribution in [-0.2, 0) is 21.5 Å². The van der Waals surface area contributed by atoms with Gasteiger partial charge in [0.1, 0.15) is 11.6 Å². The van der Waals surface area contributed by atoms with E-state index in [4.69, 9.17) is 11.6 Å². The topological polar surface area (TPSA) is 69.7 Å². The first-order valence-electron chi connectivity index (χ1n) is 8.50. The van der Waals surface area contributed by atoms with Gasteiger partial charge in [-0.3, -0.25) is 4.79 Å². The Morgan fingerprint density at radius 3 is 2.46 bits per heavy atom. The Morgan fingerprint density at radius 1 is 1.07 bits per heavy atom. The number of carbonyl (C=O) groups is 1. The molecule has 0 bridgehead atoms. The van der Waals surface area contributed by atoms with E-state index < -0.39 is 34.3 Å². The predicted molar refractivity (Wildman–Crippen MR) is 102 cm³/mol. The molecule has 1 heterocycles. The minimum atomic E-state index is -3.87. The van der Waals surface area contributed by atoms with E-state index in [1.165, 1.54) is 4.31 Å². The fraction of sp³-hybridized carbons (Fsp3) is 0.278. The quantitative estimate of drug-likeness (QED) is 0.794. The van der Waals surface area contributed by atoms with Crippen molar-refractivity contribution in [2.45, 2.75) is 13.0 Å². The van der Waals surface area contributed by atoms with Gasteiger partial charge in [-0.05, 0) is 36.2 Å². The summed E-state index contributed by atoms with van der Waals surface area (Å²) >= 11 is 5.84. The van der Waals surface area contributed by atoms with Crippen LogP contribution in [0.4, 0.5) is 14.5 Å². The number of carbonyl (C=O) groups excluding carboxylic acids is 1. The normalized spacial score (nSPS) is 17.4. The molecule has 0 aromatic heterocycles. The van der Waals surface area contributed by atoms with E-state index in [2.05, 4.69) is 5.32 Å². The van der Waals surface area contributed by atoms with E-state index in [1.807, 2.05) is 0 Å². The maximum atomic E-state index is 13.7. The molecule has 0 aliphatic carbocycles. The predicted octanol–water partition coefficient (Wildman–Crippen LogP) is 3.01. The van der Waals surface area contributed by atoms with Crippen molar-refractivity contribution < 1.29 is 22.0 Å².